The van der Waals surface area contributed by atoms with Crippen molar-refractivity contribution in [1.29, 1.82) is 0 Å². The van der Waals surface area contributed by atoms with E-state index in [4.69, 9.17) is 0 Å². The molecule has 0 amide bonds. The number of fused-ring (bicyclic) bond motifs is 7. The average Bonchev–Trinajstić information content (AvgIpc) is 3.51. The second-order valence-corrected chi connectivity index (χ2v) is 16.2. The van der Waals surface area contributed by atoms with E-state index in [2.05, 4.69) is 242 Å². The Kier molecular flexibility index (Phi) is 8.20. The Labute approximate surface area is 345 Å². The zero-order valence-electron chi connectivity index (χ0n) is 33.2. The SMILES string of the molecule is CC1(C)c2ccc(N(c3ccccc3)c3cccc(N(c4ccccc4)c4ccc(-c5ccc6ccccc6c5)cc4)c3)cc2-c2cc3ccc4ccccc4c3cc21. The molecular weight excluding hydrogens is 713 g/mol. The van der Waals surface area contributed by atoms with Crippen LogP contribution in [0.1, 0.15) is 25.0 Å². The maximum absolute atomic E-state index is 2.46. The normalized spacial score (nSPS) is 12.7. The minimum atomic E-state index is -0.133. The van der Waals surface area contributed by atoms with E-state index in [1.807, 2.05) is 0 Å². The van der Waals surface area contributed by atoms with Crippen molar-refractivity contribution in [1.82, 2.24) is 0 Å². The first-order chi connectivity index (χ1) is 29.0. The molecule has 1 aliphatic carbocycles. The van der Waals surface area contributed by atoms with Gasteiger partial charge >= 0.3 is 0 Å². The highest BCUT2D eigenvalue weighted by Gasteiger charge is 2.36. The first-order valence-corrected chi connectivity index (χ1v) is 20.5. The Morgan fingerprint density at radius 2 is 0.797 bits per heavy atom. The van der Waals surface area contributed by atoms with Crippen molar-refractivity contribution in [3.8, 4) is 22.3 Å². The summed E-state index contributed by atoms with van der Waals surface area (Å²) in [5, 5.41) is 7.68. The molecule has 0 saturated carbocycles. The summed E-state index contributed by atoms with van der Waals surface area (Å²) < 4.78 is 0. The zero-order valence-corrected chi connectivity index (χ0v) is 33.2. The van der Waals surface area contributed by atoms with Crippen LogP contribution in [-0.4, -0.2) is 0 Å². The highest BCUT2D eigenvalue weighted by atomic mass is 15.2. The van der Waals surface area contributed by atoms with E-state index in [1.165, 1.54) is 65.7 Å². The zero-order chi connectivity index (χ0) is 39.5. The van der Waals surface area contributed by atoms with Gasteiger partial charge in [0.05, 0.1) is 0 Å². The summed E-state index contributed by atoms with van der Waals surface area (Å²) in [5.41, 5.74) is 14.2. The lowest BCUT2D eigenvalue weighted by molar-refractivity contribution is 0.661. The molecule has 0 N–H and O–H groups in total. The monoisotopic (exact) mass is 754 g/mol. The van der Waals surface area contributed by atoms with E-state index >= 15 is 0 Å². The van der Waals surface area contributed by atoms with Crippen molar-refractivity contribution in [2.45, 2.75) is 19.3 Å². The third kappa shape index (κ3) is 5.96. The summed E-state index contributed by atoms with van der Waals surface area (Å²) in [6, 6.07) is 79.8. The van der Waals surface area contributed by atoms with Gasteiger partial charge in [-0.05, 0) is 151 Å². The van der Waals surface area contributed by atoms with Gasteiger partial charge in [0.2, 0.25) is 0 Å². The third-order valence-corrected chi connectivity index (χ3v) is 12.4. The van der Waals surface area contributed by atoms with E-state index in [-0.39, 0.29) is 5.41 Å². The van der Waals surface area contributed by atoms with Gasteiger partial charge in [0, 0.05) is 39.5 Å². The molecule has 0 radical (unpaired) electrons. The highest BCUT2D eigenvalue weighted by molar-refractivity contribution is 6.10. The van der Waals surface area contributed by atoms with Gasteiger partial charge in [-0.15, -0.1) is 0 Å². The molecule has 0 fully saturated rings. The Morgan fingerprint density at radius 3 is 1.53 bits per heavy atom. The van der Waals surface area contributed by atoms with Crippen molar-refractivity contribution < 1.29 is 0 Å². The summed E-state index contributed by atoms with van der Waals surface area (Å²) in [6.45, 7) is 4.75. The number of anilines is 6. The Hall–Kier alpha value is -7.42. The smallest absolute Gasteiger partial charge is 0.0482 e. The Morgan fingerprint density at radius 1 is 0.288 bits per heavy atom. The fourth-order valence-corrected chi connectivity index (χ4v) is 9.37. The number of rotatable bonds is 7. The molecule has 10 aromatic carbocycles. The molecule has 1 aliphatic rings. The molecular formula is C57H42N2. The van der Waals surface area contributed by atoms with Crippen LogP contribution in [-0.2, 0) is 5.41 Å². The van der Waals surface area contributed by atoms with Crippen LogP contribution in [0.25, 0.3) is 54.6 Å². The van der Waals surface area contributed by atoms with E-state index in [0.29, 0.717) is 0 Å². The van der Waals surface area contributed by atoms with E-state index in [9.17, 15) is 0 Å². The van der Waals surface area contributed by atoms with Crippen LogP contribution in [0.2, 0.25) is 0 Å². The van der Waals surface area contributed by atoms with E-state index < -0.39 is 0 Å². The van der Waals surface area contributed by atoms with Crippen LogP contribution < -0.4 is 9.80 Å². The van der Waals surface area contributed by atoms with Crippen LogP contribution in [0.4, 0.5) is 34.1 Å². The summed E-state index contributed by atoms with van der Waals surface area (Å²) in [5.74, 6) is 0. The van der Waals surface area contributed by atoms with E-state index in [0.717, 1.165) is 34.1 Å². The number of para-hydroxylation sites is 2. The number of hydrogen-bond acceptors (Lipinski definition) is 2. The predicted molar refractivity (Wildman–Crippen MR) is 251 cm³/mol. The first kappa shape index (κ1) is 34.8. The topological polar surface area (TPSA) is 6.48 Å². The second-order valence-electron chi connectivity index (χ2n) is 16.2. The maximum atomic E-state index is 2.46. The first-order valence-electron chi connectivity index (χ1n) is 20.5. The third-order valence-electron chi connectivity index (χ3n) is 12.4. The predicted octanol–water partition coefficient (Wildman–Crippen LogP) is 16.1. The summed E-state index contributed by atoms with van der Waals surface area (Å²) in [4.78, 5) is 4.75. The second kappa shape index (κ2) is 13.9. The Bertz CT molecular complexity index is 3180. The molecule has 0 aliphatic heterocycles. The molecule has 11 rings (SSSR count). The largest absolute Gasteiger partial charge is 0.310 e. The van der Waals surface area contributed by atoms with Gasteiger partial charge in [0.15, 0.2) is 0 Å². The number of benzene rings is 10. The fraction of sp³-hybridized carbons (Fsp3) is 0.0526. The maximum Gasteiger partial charge on any atom is 0.0482 e. The van der Waals surface area contributed by atoms with Gasteiger partial charge in [-0.1, -0.05) is 147 Å². The molecule has 0 aromatic heterocycles. The molecule has 2 nitrogen and oxygen atoms in total. The molecule has 10 aromatic rings. The standard InChI is InChI=1S/C57H42N2/c1-57(2)55-33-32-50(37-54(55)53-35-44-27-25-41-15-11-12-23-51(41)52(44)38-56(53)57)59(46-19-7-4-8-20-46)49-22-13-21-48(36-49)58(45-17-5-3-6-18-45)47-30-28-40(29-31-47)43-26-24-39-14-9-10-16-42(39)34-43/h3-38H,1-2H3. The Balaban J connectivity index is 1.02. The number of hydrogen-bond donors (Lipinski definition) is 0. The summed E-state index contributed by atoms with van der Waals surface area (Å²) in [7, 11) is 0. The average molecular weight is 755 g/mol. The molecule has 0 spiro atoms. The van der Waals surface area contributed by atoms with Gasteiger partial charge in [0.1, 0.15) is 0 Å². The lowest BCUT2D eigenvalue weighted by atomic mass is 9.81. The van der Waals surface area contributed by atoms with Crippen molar-refractivity contribution in [2.24, 2.45) is 0 Å². The van der Waals surface area contributed by atoms with Gasteiger partial charge in [-0.3, -0.25) is 0 Å². The minimum absolute atomic E-state index is 0.133. The fourth-order valence-electron chi connectivity index (χ4n) is 9.37. The van der Waals surface area contributed by atoms with E-state index in [1.54, 1.807) is 0 Å². The van der Waals surface area contributed by atoms with Crippen LogP contribution in [0.3, 0.4) is 0 Å². The highest BCUT2D eigenvalue weighted by Crippen LogP contribution is 2.52. The summed E-state index contributed by atoms with van der Waals surface area (Å²) >= 11 is 0. The quantitative estimate of drug-likeness (QED) is 0.150. The molecule has 0 bridgehead atoms. The lowest BCUT2D eigenvalue weighted by Gasteiger charge is -2.30. The molecule has 2 heteroatoms. The van der Waals surface area contributed by atoms with Crippen LogP contribution in [0.5, 0.6) is 0 Å². The minimum Gasteiger partial charge on any atom is -0.310 e. The van der Waals surface area contributed by atoms with Crippen molar-refractivity contribution in [2.75, 3.05) is 9.80 Å². The van der Waals surface area contributed by atoms with Crippen LogP contribution in [0.15, 0.2) is 218 Å². The van der Waals surface area contributed by atoms with Gasteiger partial charge in [-0.25, -0.2) is 0 Å². The molecule has 0 saturated heterocycles. The lowest BCUT2D eigenvalue weighted by Crippen LogP contribution is -2.15. The van der Waals surface area contributed by atoms with Crippen molar-refractivity contribution >= 4 is 66.4 Å². The molecule has 59 heavy (non-hydrogen) atoms. The van der Waals surface area contributed by atoms with Crippen molar-refractivity contribution in [3.63, 3.8) is 0 Å². The molecule has 0 atom stereocenters. The van der Waals surface area contributed by atoms with Gasteiger partial charge < -0.3 is 9.80 Å². The van der Waals surface area contributed by atoms with Gasteiger partial charge in [-0.2, -0.15) is 0 Å². The summed E-state index contributed by atoms with van der Waals surface area (Å²) in [6.07, 6.45) is 0. The molecule has 0 unspecified atom stereocenters. The molecule has 0 heterocycles. The van der Waals surface area contributed by atoms with Crippen LogP contribution >= 0.6 is 0 Å². The molecule has 280 valence electrons. The van der Waals surface area contributed by atoms with Crippen molar-refractivity contribution in [3.05, 3.63) is 230 Å². The van der Waals surface area contributed by atoms with Crippen LogP contribution in [0, 0.1) is 0 Å². The van der Waals surface area contributed by atoms with Gasteiger partial charge in [0.25, 0.3) is 0 Å². The number of nitrogens with zero attached hydrogens (tertiary/aromatic N) is 2.